The highest BCUT2D eigenvalue weighted by molar-refractivity contribution is 4.86. The summed E-state index contributed by atoms with van der Waals surface area (Å²) in [5.74, 6) is 0. The Labute approximate surface area is 119 Å². The van der Waals surface area contributed by atoms with Gasteiger partial charge in [-0.2, -0.15) is 0 Å². The molecule has 19 heavy (non-hydrogen) atoms. The van der Waals surface area contributed by atoms with Gasteiger partial charge >= 0.3 is 0 Å². The minimum absolute atomic E-state index is 0.242. The molecular formula is C16H33N3. The van der Waals surface area contributed by atoms with Crippen molar-refractivity contribution >= 4 is 0 Å². The molecule has 2 aliphatic heterocycles. The average Bonchev–Trinajstić information content (AvgIpc) is 2.84. The normalized spacial score (nSPS) is 28.7. The van der Waals surface area contributed by atoms with Gasteiger partial charge in [0.2, 0.25) is 0 Å². The fourth-order valence-corrected chi connectivity index (χ4v) is 3.35. The van der Waals surface area contributed by atoms with Crippen molar-refractivity contribution < 1.29 is 0 Å². The molecule has 0 bridgehead atoms. The second kappa shape index (κ2) is 6.55. The van der Waals surface area contributed by atoms with Crippen LogP contribution in [0.2, 0.25) is 0 Å². The van der Waals surface area contributed by atoms with Crippen LogP contribution in [0.1, 0.15) is 52.9 Å². The molecule has 0 aromatic carbocycles. The largest absolute Gasteiger partial charge is 0.327 e. The Morgan fingerprint density at radius 3 is 2.42 bits per heavy atom. The van der Waals surface area contributed by atoms with Crippen molar-refractivity contribution in [3.8, 4) is 0 Å². The van der Waals surface area contributed by atoms with Crippen LogP contribution in [0.4, 0.5) is 0 Å². The van der Waals surface area contributed by atoms with Crippen molar-refractivity contribution in [2.75, 3.05) is 32.7 Å². The molecule has 0 saturated carbocycles. The molecule has 0 radical (unpaired) electrons. The van der Waals surface area contributed by atoms with Crippen LogP contribution in [-0.4, -0.2) is 54.6 Å². The van der Waals surface area contributed by atoms with E-state index in [2.05, 4.69) is 30.6 Å². The van der Waals surface area contributed by atoms with Gasteiger partial charge in [-0.15, -0.1) is 0 Å². The number of rotatable bonds is 4. The predicted molar refractivity (Wildman–Crippen MR) is 82.3 cm³/mol. The van der Waals surface area contributed by atoms with E-state index in [9.17, 15) is 0 Å². The third kappa shape index (κ3) is 4.44. The first-order chi connectivity index (χ1) is 8.97. The van der Waals surface area contributed by atoms with Crippen LogP contribution in [0.5, 0.6) is 0 Å². The highest BCUT2D eigenvalue weighted by Crippen LogP contribution is 2.23. The zero-order valence-electron chi connectivity index (χ0n) is 13.2. The van der Waals surface area contributed by atoms with Crippen LogP contribution in [0.3, 0.4) is 0 Å². The van der Waals surface area contributed by atoms with Crippen LogP contribution >= 0.6 is 0 Å². The molecule has 2 aliphatic rings. The molecule has 2 rings (SSSR count). The lowest BCUT2D eigenvalue weighted by atomic mass is 9.85. The van der Waals surface area contributed by atoms with Gasteiger partial charge in [0, 0.05) is 18.6 Å². The number of hydrogen-bond acceptors (Lipinski definition) is 3. The van der Waals surface area contributed by atoms with Crippen LogP contribution in [0, 0.1) is 5.41 Å². The predicted octanol–water partition coefficient (Wildman–Crippen LogP) is 2.31. The molecule has 2 unspecified atom stereocenters. The highest BCUT2D eigenvalue weighted by atomic mass is 15.3. The molecule has 2 N–H and O–H groups in total. The highest BCUT2D eigenvalue weighted by Gasteiger charge is 2.29. The number of nitrogens with zero attached hydrogens (tertiary/aromatic N) is 2. The van der Waals surface area contributed by atoms with Crippen molar-refractivity contribution in [2.45, 2.75) is 65.0 Å². The minimum Gasteiger partial charge on any atom is -0.327 e. The number of nitrogens with two attached hydrogens (primary N) is 1. The first-order valence-electron chi connectivity index (χ1n) is 8.19. The molecule has 2 saturated heterocycles. The lowest BCUT2D eigenvalue weighted by Crippen LogP contribution is -2.42. The summed E-state index contributed by atoms with van der Waals surface area (Å²) < 4.78 is 0. The Kier molecular flexibility index (Phi) is 5.27. The van der Waals surface area contributed by atoms with Crippen molar-refractivity contribution in [1.82, 2.24) is 9.80 Å². The van der Waals surface area contributed by atoms with E-state index in [1.807, 2.05) is 0 Å². The maximum atomic E-state index is 6.27. The fourth-order valence-electron chi connectivity index (χ4n) is 3.35. The Morgan fingerprint density at radius 1 is 1.11 bits per heavy atom. The average molecular weight is 267 g/mol. The van der Waals surface area contributed by atoms with E-state index < -0.39 is 0 Å². The molecule has 2 fully saturated rings. The maximum absolute atomic E-state index is 6.27. The first-order valence-corrected chi connectivity index (χ1v) is 8.19. The zero-order valence-corrected chi connectivity index (χ0v) is 13.2. The summed E-state index contributed by atoms with van der Waals surface area (Å²) in [4.78, 5) is 5.36. The topological polar surface area (TPSA) is 32.5 Å². The van der Waals surface area contributed by atoms with Gasteiger partial charge in [-0.3, -0.25) is 4.90 Å². The fraction of sp³-hybridized carbons (Fsp3) is 1.00. The van der Waals surface area contributed by atoms with Crippen molar-refractivity contribution in [3.05, 3.63) is 0 Å². The first kappa shape index (κ1) is 15.3. The van der Waals surface area contributed by atoms with Crippen molar-refractivity contribution in [1.29, 1.82) is 0 Å². The molecule has 0 aromatic rings. The third-order valence-corrected chi connectivity index (χ3v) is 5.02. The lowest BCUT2D eigenvalue weighted by molar-refractivity contribution is 0.160. The molecule has 2 atom stereocenters. The second-order valence-corrected chi connectivity index (χ2v) is 7.60. The number of piperidine rings is 1. The number of likely N-dealkylation sites (tertiary alicyclic amines) is 2. The SMILES string of the molecule is CC(C)(C)C(N)CCN1CCC(N2CCCCC2)C1. The summed E-state index contributed by atoms with van der Waals surface area (Å²) in [6, 6.07) is 1.15. The van der Waals surface area contributed by atoms with Gasteiger partial charge in [-0.25, -0.2) is 0 Å². The molecule has 3 nitrogen and oxygen atoms in total. The van der Waals surface area contributed by atoms with E-state index in [0.717, 1.165) is 12.5 Å². The summed E-state index contributed by atoms with van der Waals surface area (Å²) in [5.41, 5.74) is 6.51. The Hall–Kier alpha value is -0.120. The van der Waals surface area contributed by atoms with E-state index in [4.69, 9.17) is 5.73 Å². The molecule has 112 valence electrons. The number of hydrogen-bond donors (Lipinski definition) is 1. The van der Waals surface area contributed by atoms with E-state index in [1.54, 1.807) is 0 Å². The Balaban J connectivity index is 1.70. The van der Waals surface area contributed by atoms with E-state index >= 15 is 0 Å². The van der Waals surface area contributed by atoms with Gasteiger partial charge in [0.25, 0.3) is 0 Å². The van der Waals surface area contributed by atoms with E-state index in [0.29, 0.717) is 6.04 Å². The standard InChI is InChI=1S/C16H33N3/c1-16(2,3)15(17)8-12-18-11-7-14(13-18)19-9-5-4-6-10-19/h14-15H,4-13,17H2,1-3H3. The Bertz CT molecular complexity index is 266. The van der Waals surface area contributed by atoms with Gasteiger partial charge in [0.15, 0.2) is 0 Å². The molecule has 0 amide bonds. The summed E-state index contributed by atoms with van der Waals surface area (Å²) in [6.07, 6.45) is 6.76. The maximum Gasteiger partial charge on any atom is 0.0235 e. The van der Waals surface area contributed by atoms with Crippen LogP contribution < -0.4 is 5.73 Å². The molecular weight excluding hydrogens is 234 g/mol. The quantitative estimate of drug-likeness (QED) is 0.848. The second-order valence-electron chi connectivity index (χ2n) is 7.60. The van der Waals surface area contributed by atoms with Crippen LogP contribution in [0.15, 0.2) is 0 Å². The third-order valence-electron chi connectivity index (χ3n) is 5.02. The molecule has 0 aliphatic carbocycles. The van der Waals surface area contributed by atoms with E-state index in [1.165, 1.54) is 58.4 Å². The van der Waals surface area contributed by atoms with Gasteiger partial charge in [-0.05, 0) is 57.3 Å². The smallest absolute Gasteiger partial charge is 0.0235 e. The Morgan fingerprint density at radius 2 is 1.79 bits per heavy atom. The summed E-state index contributed by atoms with van der Waals surface area (Å²) in [6.45, 7) is 13.1. The van der Waals surface area contributed by atoms with Gasteiger partial charge in [0.1, 0.15) is 0 Å². The van der Waals surface area contributed by atoms with Crippen LogP contribution in [0.25, 0.3) is 0 Å². The van der Waals surface area contributed by atoms with Crippen LogP contribution in [-0.2, 0) is 0 Å². The van der Waals surface area contributed by atoms with Crippen molar-refractivity contribution in [2.24, 2.45) is 11.1 Å². The lowest BCUT2D eigenvalue weighted by Gasteiger charge is -2.32. The van der Waals surface area contributed by atoms with E-state index in [-0.39, 0.29) is 5.41 Å². The monoisotopic (exact) mass is 267 g/mol. The molecule has 3 heteroatoms. The molecule has 2 heterocycles. The summed E-state index contributed by atoms with van der Waals surface area (Å²) >= 11 is 0. The zero-order chi connectivity index (χ0) is 13.9. The van der Waals surface area contributed by atoms with Crippen molar-refractivity contribution in [3.63, 3.8) is 0 Å². The summed E-state index contributed by atoms with van der Waals surface area (Å²) in [7, 11) is 0. The molecule has 0 spiro atoms. The molecule has 0 aromatic heterocycles. The van der Waals surface area contributed by atoms with Gasteiger partial charge < -0.3 is 10.6 Å². The summed E-state index contributed by atoms with van der Waals surface area (Å²) in [5, 5.41) is 0. The van der Waals surface area contributed by atoms with Gasteiger partial charge in [0.05, 0.1) is 0 Å². The van der Waals surface area contributed by atoms with Gasteiger partial charge in [-0.1, -0.05) is 27.2 Å². The minimum atomic E-state index is 0.242.